The number of hydrogen-bond acceptors (Lipinski definition) is 4. The van der Waals surface area contributed by atoms with Crippen LogP contribution < -0.4 is 5.32 Å². The highest BCUT2D eigenvalue weighted by Gasteiger charge is 2.18. The average molecular weight is 343 g/mol. The number of nitrogens with zero attached hydrogens (tertiary/aromatic N) is 2. The quantitative estimate of drug-likeness (QED) is 0.731. The number of nitrogens with one attached hydrogen (secondary N) is 1. The van der Waals surface area contributed by atoms with E-state index in [1.54, 1.807) is 41.3 Å². The zero-order chi connectivity index (χ0) is 18.1. The van der Waals surface area contributed by atoms with Gasteiger partial charge in [-0.05, 0) is 24.3 Å². The van der Waals surface area contributed by atoms with Gasteiger partial charge in [-0.15, -0.1) is 13.2 Å². The van der Waals surface area contributed by atoms with Crippen LogP contribution in [0.2, 0.25) is 0 Å². The standard InChI is InChI=1S/C19H25N3O3/c1-3-9-21(10-4-2)15-18(23)20-17-7-5-16(6-8-17)19(24)22-11-13-25-14-12-22/h3-8H,1-2,9-15H2,(H,20,23). The molecule has 0 spiro atoms. The third kappa shape index (κ3) is 5.85. The number of hydrogen-bond donors (Lipinski definition) is 1. The summed E-state index contributed by atoms with van der Waals surface area (Å²) in [5.74, 6) is -0.125. The minimum Gasteiger partial charge on any atom is -0.378 e. The van der Waals surface area contributed by atoms with E-state index in [1.807, 2.05) is 4.90 Å². The van der Waals surface area contributed by atoms with Crippen molar-refractivity contribution in [1.82, 2.24) is 9.80 Å². The fourth-order valence-electron chi connectivity index (χ4n) is 2.62. The molecule has 1 aliphatic heterocycles. The summed E-state index contributed by atoms with van der Waals surface area (Å²) in [5, 5.41) is 2.84. The number of rotatable bonds is 8. The van der Waals surface area contributed by atoms with E-state index in [0.29, 0.717) is 50.6 Å². The van der Waals surface area contributed by atoms with Crippen molar-refractivity contribution in [3.8, 4) is 0 Å². The van der Waals surface area contributed by atoms with Crippen molar-refractivity contribution in [2.45, 2.75) is 0 Å². The van der Waals surface area contributed by atoms with Gasteiger partial charge in [0.2, 0.25) is 5.91 Å². The van der Waals surface area contributed by atoms with Gasteiger partial charge in [0.15, 0.2) is 0 Å². The number of ether oxygens (including phenoxy) is 1. The van der Waals surface area contributed by atoms with Crippen LogP contribution >= 0.6 is 0 Å². The van der Waals surface area contributed by atoms with Crippen LogP contribution in [0.5, 0.6) is 0 Å². The summed E-state index contributed by atoms with van der Waals surface area (Å²) in [6.07, 6.45) is 3.51. The Hall–Kier alpha value is -2.44. The molecule has 0 bridgehead atoms. The number of carbonyl (C=O) groups excluding carboxylic acids is 2. The molecule has 1 fully saturated rings. The Bertz CT molecular complexity index is 597. The fraction of sp³-hybridized carbons (Fsp3) is 0.368. The molecule has 25 heavy (non-hydrogen) atoms. The molecule has 1 saturated heterocycles. The van der Waals surface area contributed by atoms with Crippen LogP contribution in [0, 0.1) is 0 Å². The maximum atomic E-state index is 12.4. The van der Waals surface area contributed by atoms with E-state index >= 15 is 0 Å². The number of morpholine rings is 1. The Morgan fingerprint density at radius 3 is 2.28 bits per heavy atom. The molecule has 1 heterocycles. The molecule has 0 unspecified atom stereocenters. The Morgan fingerprint density at radius 1 is 1.12 bits per heavy atom. The van der Waals surface area contributed by atoms with Crippen LogP contribution in [0.25, 0.3) is 0 Å². The molecule has 2 rings (SSSR count). The molecule has 1 aromatic rings. The zero-order valence-corrected chi connectivity index (χ0v) is 14.4. The number of benzene rings is 1. The lowest BCUT2D eigenvalue weighted by Crippen LogP contribution is -2.40. The maximum absolute atomic E-state index is 12.4. The predicted octanol–water partition coefficient (Wildman–Crippen LogP) is 1.77. The van der Waals surface area contributed by atoms with Gasteiger partial charge in [0.25, 0.3) is 5.91 Å². The molecule has 0 saturated carbocycles. The van der Waals surface area contributed by atoms with Crippen LogP contribution in [-0.4, -0.2) is 67.6 Å². The third-order valence-electron chi connectivity index (χ3n) is 3.86. The van der Waals surface area contributed by atoms with Crippen molar-refractivity contribution in [3.05, 3.63) is 55.1 Å². The lowest BCUT2D eigenvalue weighted by molar-refractivity contribution is -0.117. The van der Waals surface area contributed by atoms with Crippen molar-refractivity contribution in [2.24, 2.45) is 0 Å². The number of anilines is 1. The molecule has 1 aromatic carbocycles. The van der Waals surface area contributed by atoms with Gasteiger partial charge in [0.1, 0.15) is 0 Å². The molecule has 6 heteroatoms. The SMILES string of the molecule is C=CCN(CC=C)CC(=O)Nc1ccc(C(=O)N2CCOCC2)cc1. The summed E-state index contributed by atoms with van der Waals surface area (Å²) in [7, 11) is 0. The molecule has 1 N–H and O–H groups in total. The summed E-state index contributed by atoms with van der Waals surface area (Å²) in [6.45, 7) is 11.2. The van der Waals surface area contributed by atoms with Crippen LogP contribution in [0.1, 0.15) is 10.4 Å². The van der Waals surface area contributed by atoms with Gasteiger partial charge in [-0.1, -0.05) is 12.2 Å². The van der Waals surface area contributed by atoms with E-state index in [-0.39, 0.29) is 18.4 Å². The van der Waals surface area contributed by atoms with Crippen molar-refractivity contribution >= 4 is 17.5 Å². The van der Waals surface area contributed by atoms with Crippen molar-refractivity contribution in [3.63, 3.8) is 0 Å². The van der Waals surface area contributed by atoms with Gasteiger partial charge in [0.05, 0.1) is 19.8 Å². The van der Waals surface area contributed by atoms with Gasteiger partial charge in [0, 0.05) is 37.4 Å². The van der Waals surface area contributed by atoms with E-state index in [9.17, 15) is 9.59 Å². The minimum absolute atomic E-state index is 0.00989. The summed E-state index contributed by atoms with van der Waals surface area (Å²) in [6, 6.07) is 6.96. The van der Waals surface area contributed by atoms with E-state index < -0.39 is 0 Å². The van der Waals surface area contributed by atoms with E-state index in [4.69, 9.17) is 4.74 Å². The van der Waals surface area contributed by atoms with Crippen LogP contribution in [0.3, 0.4) is 0 Å². The molecule has 0 aliphatic carbocycles. The zero-order valence-electron chi connectivity index (χ0n) is 14.4. The predicted molar refractivity (Wildman–Crippen MR) is 98.6 cm³/mol. The maximum Gasteiger partial charge on any atom is 0.254 e. The number of amides is 2. The number of carbonyl (C=O) groups is 2. The highest BCUT2D eigenvalue weighted by molar-refractivity contribution is 5.96. The van der Waals surface area contributed by atoms with E-state index in [1.165, 1.54) is 0 Å². The Morgan fingerprint density at radius 2 is 1.72 bits per heavy atom. The smallest absolute Gasteiger partial charge is 0.254 e. The van der Waals surface area contributed by atoms with Gasteiger partial charge in [-0.2, -0.15) is 0 Å². The average Bonchev–Trinajstić information content (AvgIpc) is 2.63. The Balaban J connectivity index is 1.90. The van der Waals surface area contributed by atoms with Crippen molar-refractivity contribution in [1.29, 1.82) is 0 Å². The van der Waals surface area contributed by atoms with Crippen molar-refractivity contribution in [2.75, 3.05) is 51.3 Å². The first-order valence-corrected chi connectivity index (χ1v) is 8.35. The molecule has 2 amide bonds. The highest BCUT2D eigenvalue weighted by atomic mass is 16.5. The molecule has 0 aromatic heterocycles. The lowest BCUT2D eigenvalue weighted by Gasteiger charge is -2.26. The van der Waals surface area contributed by atoms with Crippen LogP contribution in [-0.2, 0) is 9.53 Å². The molecule has 0 atom stereocenters. The normalized spacial score (nSPS) is 14.2. The first-order chi connectivity index (χ1) is 12.1. The van der Waals surface area contributed by atoms with Gasteiger partial charge < -0.3 is 15.0 Å². The monoisotopic (exact) mass is 343 g/mol. The summed E-state index contributed by atoms with van der Waals surface area (Å²) >= 11 is 0. The van der Waals surface area contributed by atoms with Gasteiger partial charge >= 0.3 is 0 Å². The summed E-state index contributed by atoms with van der Waals surface area (Å²) < 4.78 is 5.26. The molecule has 134 valence electrons. The summed E-state index contributed by atoms with van der Waals surface area (Å²) in [5.41, 5.74) is 1.28. The minimum atomic E-state index is -0.115. The van der Waals surface area contributed by atoms with Crippen LogP contribution in [0.15, 0.2) is 49.6 Å². The molecule has 0 radical (unpaired) electrons. The Labute approximate surface area is 148 Å². The largest absolute Gasteiger partial charge is 0.378 e. The Kier molecular flexibility index (Phi) is 7.37. The topological polar surface area (TPSA) is 61.9 Å². The second kappa shape index (κ2) is 9.76. The first-order valence-electron chi connectivity index (χ1n) is 8.35. The second-order valence-corrected chi connectivity index (χ2v) is 5.80. The summed E-state index contributed by atoms with van der Waals surface area (Å²) in [4.78, 5) is 28.2. The fourth-order valence-corrected chi connectivity index (χ4v) is 2.62. The van der Waals surface area contributed by atoms with E-state index in [2.05, 4.69) is 18.5 Å². The molecule has 1 aliphatic rings. The van der Waals surface area contributed by atoms with E-state index in [0.717, 1.165) is 0 Å². The highest BCUT2D eigenvalue weighted by Crippen LogP contribution is 2.13. The van der Waals surface area contributed by atoms with Crippen LogP contribution in [0.4, 0.5) is 5.69 Å². The third-order valence-corrected chi connectivity index (χ3v) is 3.86. The van der Waals surface area contributed by atoms with Crippen molar-refractivity contribution < 1.29 is 14.3 Å². The van der Waals surface area contributed by atoms with Gasteiger partial charge in [-0.3, -0.25) is 14.5 Å². The lowest BCUT2D eigenvalue weighted by atomic mass is 10.1. The second-order valence-electron chi connectivity index (χ2n) is 5.80. The molecular formula is C19H25N3O3. The first kappa shape index (κ1) is 18.9. The molecule has 6 nitrogen and oxygen atoms in total. The van der Waals surface area contributed by atoms with Gasteiger partial charge in [-0.25, -0.2) is 0 Å². The molecular weight excluding hydrogens is 318 g/mol.